The van der Waals surface area contributed by atoms with E-state index in [2.05, 4.69) is 10.6 Å². The molecule has 0 bridgehead atoms. The number of amides is 2. The fraction of sp³-hybridized carbons (Fsp3) is 0.900. The van der Waals surface area contributed by atoms with Crippen molar-refractivity contribution < 1.29 is 35.9 Å². The van der Waals surface area contributed by atoms with Crippen molar-refractivity contribution in [3.05, 3.63) is 0 Å². The fourth-order valence-electron chi connectivity index (χ4n) is 4.97. The van der Waals surface area contributed by atoms with Crippen LogP contribution < -0.4 is 10.6 Å². The SMILES string of the molecule is O=C(NC1CCCC(C(F)(F)F)C1)C1(C(=O)NC2CCCC(C(F)(F)F)C2)CCC1. The molecule has 3 aliphatic carbocycles. The molecule has 2 amide bonds. The Balaban J connectivity index is 1.59. The molecule has 3 fully saturated rings. The normalized spacial score (nSPS) is 32.1. The summed E-state index contributed by atoms with van der Waals surface area (Å²) in [6.07, 6.45) is -6.31. The maximum atomic E-state index is 13.0. The van der Waals surface area contributed by atoms with E-state index in [-0.39, 0.29) is 38.5 Å². The summed E-state index contributed by atoms with van der Waals surface area (Å²) < 4.78 is 78.1. The Hall–Kier alpha value is -1.48. The number of carbonyl (C=O) groups excluding carboxylic acids is 2. The molecule has 4 unspecified atom stereocenters. The van der Waals surface area contributed by atoms with Crippen LogP contribution in [0.2, 0.25) is 0 Å². The van der Waals surface area contributed by atoms with Gasteiger partial charge in [0.1, 0.15) is 5.41 Å². The van der Waals surface area contributed by atoms with Crippen LogP contribution in [0.5, 0.6) is 0 Å². The molecule has 0 heterocycles. The van der Waals surface area contributed by atoms with Crippen molar-refractivity contribution >= 4 is 11.8 Å². The molecule has 0 aromatic carbocycles. The Bertz CT molecular complexity index is 594. The first-order valence-electron chi connectivity index (χ1n) is 10.7. The first-order chi connectivity index (χ1) is 13.9. The summed E-state index contributed by atoms with van der Waals surface area (Å²) in [5.41, 5.74) is -1.38. The van der Waals surface area contributed by atoms with Gasteiger partial charge in [-0.1, -0.05) is 19.3 Å². The van der Waals surface area contributed by atoms with E-state index < -0.39 is 53.5 Å². The number of hydrogen-bond acceptors (Lipinski definition) is 2. The van der Waals surface area contributed by atoms with Crippen LogP contribution in [0.4, 0.5) is 26.3 Å². The molecular formula is C20H28F6N2O2. The molecule has 3 saturated carbocycles. The quantitative estimate of drug-likeness (QED) is 0.493. The van der Waals surface area contributed by atoms with Crippen LogP contribution >= 0.6 is 0 Å². The Kier molecular flexibility index (Phi) is 6.63. The van der Waals surface area contributed by atoms with Crippen LogP contribution in [-0.4, -0.2) is 36.3 Å². The Morgan fingerprint density at radius 2 is 1.07 bits per heavy atom. The summed E-state index contributed by atoms with van der Waals surface area (Å²) in [5, 5.41) is 5.27. The smallest absolute Gasteiger partial charge is 0.352 e. The van der Waals surface area contributed by atoms with Gasteiger partial charge in [0.25, 0.3) is 0 Å². The highest BCUT2D eigenvalue weighted by atomic mass is 19.4. The van der Waals surface area contributed by atoms with Crippen molar-refractivity contribution in [1.29, 1.82) is 0 Å². The van der Waals surface area contributed by atoms with Gasteiger partial charge in [0.2, 0.25) is 11.8 Å². The summed E-state index contributed by atoms with van der Waals surface area (Å²) in [6, 6.07) is -1.29. The molecule has 3 aliphatic rings. The van der Waals surface area contributed by atoms with Crippen LogP contribution in [0.3, 0.4) is 0 Å². The zero-order valence-corrected chi connectivity index (χ0v) is 16.7. The number of hydrogen-bond donors (Lipinski definition) is 2. The zero-order chi connectivity index (χ0) is 22.2. The lowest BCUT2D eigenvalue weighted by atomic mass is 9.66. The Morgan fingerprint density at radius 1 is 0.667 bits per heavy atom. The third-order valence-corrected chi connectivity index (χ3v) is 7.02. The third kappa shape index (κ3) is 5.04. The third-order valence-electron chi connectivity index (χ3n) is 7.02. The van der Waals surface area contributed by atoms with Crippen LogP contribution in [0.25, 0.3) is 0 Å². The van der Waals surface area contributed by atoms with Crippen LogP contribution in [-0.2, 0) is 9.59 Å². The summed E-state index contributed by atoms with van der Waals surface area (Å²) in [7, 11) is 0. The van der Waals surface area contributed by atoms with E-state index in [1.165, 1.54) is 0 Å². The van der Waals surface area contributed by atoms with Gasteiger partial charge in [-0.3, -0.25) is 9.59 Å². The predicted molar refractivity (Wildman–Crippen MR) is 96.2 cm³/mol. The van der Waals surface area contributed by atoms with E-state index in [0.29, 0.717) is 32.1 Å². The molecule has 4 nitrogen and oxygen atoms in total. The van der Waals surface area contributed by atoms with Gasteiger partial charge in [-0.25, -0.2) is 0 Å². The van der Waals surface area contributed by atoms with Gasteiger partial charge < -0.3 is 10.6 Å². The molecule has 0 spiro atoms. The standard InChI is InChI=1S/C20H28F6N2O2/c21-19(22,23)12-4-1-6-14(10-12)27-16(29)18(8-3-9-18)17(30)28-15-7-2-5-13(11-15)20(24,25)26/h12-15H,1-11H2,(H,27,29)(H,28,30). The molecular weight excluding hydrogens is 414 g/mol. The maximum Gasteiger partial charge on any atom is 0.391 e. The molecule has 0 aliphatic heterocycles. The van der Waals surface area contributed by atoms with Crippen molar-refractivity contribution in [2.75, 3.05) is 0 Å². The number of nitrogens with one attached hydrogen (secondary N) is 2. The second-order valence-electron chi connectivity index (χ2n) is 9.09. The van der Waals surface area contributed by atoms with Gasteiger partial charge in [-0.2, -0.15) is 26.3 Å². The number of halogens is 6. The minimum Gasteiger partial charge on any atom is -0.352 e. The van der Waals surface area contributed by atoms with Gasteiger partial charge in [0, 0.05) is 12.1 Å². The minimum atomic E-state index is -4.31. The highest BCUT2D eigenvalue weighted by Crippen LogP contribution is 2.44. The molecule has 3 rings (SSSR count). The summed E-state index contributed by atoms with van der Waals surface area (Å²) >= 11 is 0. The van der Waals surface area contributed by atoms with Gasteiger partial charge in [-0.05, 0) is 51.4 Å². The Labute approximate surface area is 171 Å². The molecule has 172 valence electrons. The largest absolute Gasteiger partial charge is 0.391 e. The second kappa shape index (κ2) is 8.57. The van der Waals surface area contributed by atoms with Gasteiger partial charge in [0.15, 0.2) is 0 Å². The first-order valence-corrected chi connectivity index (χ1v) is 10.7. The molecule has 0 radical (unpaired) electrons. The summed E-state index contributed by atoms with van der Waals surface area (Å²) in [5.74, 6) is -4.13. The average molecular weight is 442 g/mol. The Morgan fingerprint density at radius 3 is 1.37 bits per heavy atom. The maximum absolute atomic E-state index is 13.0. The van der Waals surface area contributed by atoms with E-state index >= 15 is 0 Å². The van der Waals surface area contributed by atoms with Gasteiger partial charge >= 0.3 is 12.4 Å². The topological polar surface area (TPSA) is 58.2 Å². The highest BCUT2D eigenvalue weighted by Gasteiger charge is 2.53. The van der Waals surface area contributed by atoms with Crippen molar-refractivity contribution in [2.45, 2.75) is 95.1 Å². The molecule has 0 saturated heterocycles. The fourth-order valence-corrected chi connectivity index (χ4v) is 4.97. The van der Waals surface area contributed by atoms with E-state index in [1.54, 1.807) is 0 Å². The average Bonchev–Trinajstić information content (AvgIpc) is 2.59. The number of alkyl halides is 6. The highest BCUT2D eigenvalue weighted by molar-refractivity contribution is 6.06. The van der Waals surface area contributed by atoms with Crippen LogP contribution in [0, 0.1) is 17.3 Å². The predicted octanol–water partition coefficient (Wildman–Crippen LogP) is 4.63. The minimum absolute atomic E-state index is 0.0313. The monoisotopic (exact) mass is 442 g/mol. The van der Waals surface area contributed by atoms with Crippen LogP contribution in [0.1, 0.15) is 70.6 Å². The number of carbonyl (C=O) groups is 2. The summed E-state index contributed by atoms with van der Waals surface area (Å²) in [4.78, 5) is 25.7. The van der Waals surface area contributed by atoms with Gasteiger partial charge in [0.05, 0.1) is 11.8 Å². The lowest BCUT2D eigenvalue weighted by molar-refractivity contribution is -0.184. The van der Waals surface area contributed by atoms with Crippen molar-refractivity contribution in [2.24, 2.45) is 17.3 Å². The van der Waals surface area contributed by atoms with Crippen molar-refractivity contribution in [3.8, 4) is 0 Å². The molecule has 10 heteroatoms. The zero-order valence-electron chi connectivity index (χ0n) is 16.7. The molecule has 0 aromatic heterocycles. The van der Waals surface area contributed by atoms with E-state index in [1.807, 2.05) is 0 Å². The molecule has 2 N–H and O–H groups in total. The van der Waals surface area contributed by atoms with Crippen molar-refractivity contribution in [1.82, 2.24) is 10.6 Å². The van der Waals surface area contributed by atoms with E-state index in [0.717, 1.165) is 0 Å². The molecule has 0 aromatic rings. The van der Waals surface area contributed by atoms with Gasteiger partial charge in [-0.15, -0.1) is 0 Å². The van der Waals surface area contributed by atoms with E-state index in [4.69, 9.17) is 0 Å². The molecule has 30 heavy (non-hydrogen) atoms. The van der Waals surface area contributed by atoms with Crippen molar-refractivity contribution in [3.63, 3.8) is 0 Å². The number of rotatable bonds is 4. The van der Waals surface area contributed by atoms with E-state index in [9.17, 15) is 35.9 Å². The molecule has 4 atom stereocenters. The lowest BCUT2D eigenvalue weighted by Crippen LogP contribution is -2.59. The second-order valence-corrected chi connectivity index (χ2v) is 9.09. The lowest BCUT2D eigenvalue weighted by Gasteiger charge is -2.42. The first kappa shape index (κ1) is 23.2. The van der Waals surface area contributed by atoms with Crippen LogP contribution in [0.15, 0.2) is 0 Å². The summed E-state index contributed by atoms with van der Waals surface area (Å²) in [6.45, 7) is 0.